The Bertz CT molecular complexity index is 898. The molecule has 7 heteroatoms. The third-order valence-corrected chi connectivity index (χ3v) is 11.0. The topological polar surface area (TPSA) is 96.0 Å². The second kappa shape index (κ2) is 10.1. The van der Waals surface area contributed by atoms with Gasteiger partial charge in [0, 0.05) is 44.4 Å². The normalized spacial score (nSPS) is 42.4. The maximum Gasteiger partial charge on any atom is 0.305 e. The van der Waals surface area contributed by atoms with E-state index in [0.717, 1.165) is 38.5 Å². The number of hydrogen-bond acceptors (Lipinski definition) is 7. The maximum absolute atomic E-state index is 12.4. The second-order valence-electron chi connectivity index (χ2n) is 12.6. The van der Waals surface area contributed by atoms with Crippen LogP contribution in [0.15, 0.2) is 0 Å². The zero-order valence-electron chi connectivity index (χ0n) is 22.8. The molecule has 202 valence electrons. The van der Waals surface area contributed by atoms with Gasteiger partial charge >= 0.3 is 17.9 Å². The Balaban J connectivity index is 1.72. The molecule has 4 aliphatic rings. The van der Waals surface area contributed by atoms with Crippen LogP contribution in [0.1, 0.15) is 92.4 Å². The van der Waals surface area contributed by atoms with Crippen molar-refractivity contribution in [2.45, 2.75) is 105 Å². The summed E-state index contributed by atoms with van der Waals surface area (Å²) in [7, 11) is 1.42. The molecule has 0 heterocycles. The zero-order valence-corrected chi connectivity index (χ0v) is 22.8. The summed E-state index contributed by atoms with van der Waals surface area (Å²) in [6, 6.07) is 0. The highest BCUT2D eigenvalue weighted by Gasteiger charge is 2.67. The SMILES string of the molecule is COC(=O)CCC(C)C1CCC2C3C(C[C@H](OC(C)=O)C12C)C1(C)CCC(=O)CC1C[C@H]3OC(C)=O. The molecule has 0 aromatic heterocycles. The molecule has 7 nitrogen and oxygen atoms in total. The van der Waals surface area contributed by atoms with Gasteiger partial charge in [-0.25, -0.2) is 0 Å². The van der Waals surface area contributed by atoms with Gasteiger partial charge in [-0.1, -0.05) is 20.8 Å². The number of Topliss-reactive ketones (excluding diaryl/α,β-unsaturated/α-hetero) is 1. The first-order chi connectivity index (χ1) is 16.9. The van der Waals surface area contributed by atoms with Crippen molar-refractivity contribution in [2.75, 3.05) is 7.11 Å². The highest BCUT2D eigenvalue weighted by molar-refractivity contribution is 5.79. The molecule has 0 bridgehead atoms. The molecule has 0 aromatic carbocycles. The van der Waals surface area contributed by atoms with Gasteiger partial charge in [-0.15, -0.1) is 0 Å². The molecule has 36 heavy (non-hydrogen) atoms. The van der Waals surface area contributed by atoms with E-state index in [1.54, 1.807) is 0 Å². The first kappa shape index (κ1) is 27.1. The van der Waals surface area contributed by atoms with Gasteiger partial charge in [0.05, 0.1) is 7.11 Å². The van der Waals surface area contributed by atoms with Crippen LogP contribution in [0.4, 0.5) is 0 Å². The summed E-state index contributed by atoms with van der Waals surface area (Å²) in [4.78, 5) is 48.9. The van der Waals surface area contributed by atoms with Gasteiger partial charge in [-0.3, -0.25) is 19.2 Å². The molecule has 0 spiro atoms. The molecule has 0 radical (unpaired) electrons. The fourth-order valence-corrected chi connectivity index (χ4v) is 9.25. The molecule has 0 amide bonds. The van der Waals surface area contributed by atoms with Crippen molar-refractivity contribution in [1.29, 1.82) is 0 Å². The van der Waals surface area contributed by atoms with E-state index in [0.29, 0.717) is 25.0 Å². The molecule has 4 aliphatic carbocycles. The van der Waals surface area contributed by atoms with Crippen LogP contribution < -0.4 is 0 Å². The summed E-state index contributed by atoms with van der Waals surface area (Å²) in [6.07, 6.45) is 6.09. The molecular weight excluding hydrogens is 460 g/mol. The van der Waals surface area contributed by atoms with Gasteiger partial charge < -0.3 is 14.2 Å². The average molecular weight is 505 g/mol. The quantitative estimate of drug-likeness (QED) is 0.375. The van der Waals surface area contributed by atoms with Crippen molar-refractivity contribution >= 4 is 23.7 Å². The fourth-order valence-electron chi connectivity index (χ4n) is 9.25. The van der Waals surface area contributed by atoms with E-state index in [4.69, 9.17) is 14.2 Å². The first-order valence-electron chi connectivity index (χ1n) is 13.8. The predicted octanol–water partition coefficient (Wildman–Crippen LogP) is 4.89. The van der Waals surface area contributed by atoms with E-state index in [2.05, 4.69) is 20.8 Å². The van der Waals surface area contributed by atoms with E-state index < -0.39 is 0 Å². The molecule has 4 saturated carbocycles. The van der Waals surface area contributed by atoms with Crippen molar-refractivity contribution in [1.82, 2.24) is 0 Å². The van der Waals surface area contributed by atoms with E-state index in [1.807, 2.05) is 0 Å². The second-order valence-corrected chi connectivity index (χ2v) is 12.6. The number of hydrogen-bond donors (Lipinski definition) is 0. The van der Waals surface area contributed by atoms with Crippen LogP contribution in [0.5, 0.6) is 0 Å². The summed E-state index contributed by atoms with van der Waals surface area (Å²) in [5.74, 6) is 0.944. The Morgan fingerprint density at radius 1 is 1.03 bits per heavy atom. The monoisotopic (exact) mass is 504 g/mol. The first-order valence-corrected chi connectivity index (χ1v) is 13.8. The van der Waals surface area contributed by atoms with Gasteiger partial charge in [0.15, 0.2) is 0 Å². The summed E-state index contributed by atoms with van der Waals surface area (Å²) in [5, 5.41) is 0. The van der Waals surface area contributed by atoms with Crippen molar-refractivity contribution < 1.29 is 33.4 Å². The van der Waals surface area contributed by atoms with Crippen molar-refractivity contribution in [3.05, 3.63) is 0 Å². The predicted molar refractivity (Wildman–Crippen MR) is 133 cm³/mol. The van der Waals surface area contributed by atoms with E-state index in [9.17, 15) is 19.2 Å². The maximum atomic E-state index is 12.4. The molecule has 4 fully saturated rings. The molecule has 0 aliphatic heterocycles. The number of carbonyl (C=O) groups is 4. The third-order valence-electron chi connectivity index (χ3n) is 11.0. The fraction of sp³-hybridized carbons (Fsp3) is 0.862. The van der Waals surface area contributed by atoms with Crippen LogP contribution in [0.2, 0.25) is 0 Å². The van der Waals surface area contributed by atoms with Crippen molar-refractivity contribution in [3.8, 4) is 0 Å². The lowest BCUT2D eigenvalue weighted by Gasteiger charge is -2.63. The van der Waals surface area contributed by atoms with Crippen LogP contribution in [0.25, 0.3) is 0 Å². The molecule has 0 saturated heterocycles. The average Bonchev–Trinajstić information content (AvgIpc) is 3.16. The van der Waals surface area contributed by atoms with E-state index in [-0.39, 0.29) is 76.5 Å². The summed E-state index contributed by atoms with van der Waals surface area (Å²) < 4.78 is 17.0. The van der Waals surface area contributed by atoms with Crippen LogP contribution in [-0.4, -0.2) is 43.0 Å². The number of methoxy groups -OCH3 is 1. The minimum absolute atomic E-state index is 0.0382. The number of esters is 3. The Hall–Kier alpha value is -1.92. The highest BCUT2D eigenvalue weighted by Crippen LogP contribution is 2.69. The molecule has 8 unspecified atom stereocenters. The van der Waals surface area contributed by atoms with E-state index >= 15 is 0 Å². The van der Waals surface area contributed by atoms with Gasteiger partial charge in [-0.2, -0.15) is 0 Å². The van der Waals surface area contributed by atoms with Gasteiger partial charge in [0.1, 0.15) is 18.0 Å². The van der Waals surface area contributed by atoms with E-state index in [1.165, 1.54) is 21.0 Å². The van der Waals surface area contributed by atoms with Gasteiger partial charge in [0.2, 0.25) is 0 Å². The molecular formula is C29H44O7. The standard InChI is InChI=1S/C29H44O7/c1-16(7-10-26(33)34-6)21-8-9-22-27-23(15-25(29(21,22)5)36-18(3)31)28(4)12-11-20(32)13-19(28)14-24(27)35-17(2)30/h16,19,21-25,27H,7-15H2,1-6H3/t16?,19?,21?,22?,23?,24-,25+,27?,28?,29?/m1/s1. The number of rotatable bonds is 6. The number of fused-ring (bicyclic) bond motifs is 5. The lowest BCUT2D eigenvalue weighted by atomic mass is 9.43. The van der Waals surface area contributed by atoms with Crippen LogP contribution in [0, 0.1) is 46.3 Å². The lowest BCUT2D eigenvalue weighted by Crippen LogP contribution is -2.63. The van der Waals surface area contributed by atoms with Gasteiger partial charge in [0.25, 0.3) is 0 Å². The number of carbonyl (C=O) groups excluding carboxylic acids is 4. The molecule has 10 atom stereocenters. The van der Waals surface area contributed by atoms with Crippen molar-refractivity contribution in [3.63, 3.8) is 0 Å². The molecule has 0 aromatic rings. The highest BCUT2D eigenvalue weighted by atomic mass is 16.5. The summed E-state index contributed by atoms with van der Waals surface area (Å²) >= 11 is 0. The van der Waals surface area contributed by atoms with Crippen molar-refractivity contribution in [2.24, 2.45) is 46.3 Å². The Labute approximate surface area is 215 Å². The Kier molecular flexibility index (Phi) is 7.60. The Morgan fingerprint density at radius 2 is 1.72 bits per heavy atom. The Morgan fingerprint density at radius 3 is 2.36 bits per heavy atom. The number of ether oxygens (including phenoxy) is 3. The zero-order chi connectivity index (χ0) is 26.4. The molecule has 4 rings (SSSR count). The van der Waals surface area contributed by atoms with Crippen LogP contribution >= 0.6 is 0 Å². The molecule has 0 N–H and O–H groups in total. The minimum atomic E-state index is -0.269. The third kappa shape index (κ3) is 4.60. The number of ketones is 1. The summed E-state index contributed by atoms with van der Waals surface area (Å²) in [5.41, 5.74) is -0.308. The van der Waals surface area contributed by atoms with Crippen LogP contribution in [0.3, 0.4) is 0 Å². The summed E-state index contributed by atoms with van der Waals surface area (Å²) in [6.45, 7) is 9.76. The van der Waals surface area contributed by atoms with Crippen LogP contribution in [-0.2, 0) is 33.4 Å². The lowest BCUT2D eigenvalue weighted by molar-refractivity contribution is -0.219. The minimum Gasteiger partial charge on any atom is -0.469 e. The van der Waals surface area contributed by atoms with Gasteiger partial charge in [-0.05, 0) is 73.5 Å². The smallest absolute Gasteiger partial charge is 0.305 e. The largest absolute Gasteiger partial charge is 0.469 e.